The van der Waals surface area contributed by atoms with E-state index in [0.717, 1.165) is 0 Å². The summed E-state index contributed by atoms with van der Waals surface area (Å²) < 4.78 is 5.47. The van der Waals surface area contributed by atoms with E-state index in [0.29, 0.717) is 13.2 Å². The highest BCUT2D eigenvalue weighted by molar-refractivity contribution is 5.81. The van der Waals surface area contributed by atoms with E-state index in [4.69, 9.17) is 4.74 Å². The maximum absolute atomic E-state index is 11.9. The van der Waals surface area contributed by atoms with Gasteiger partial charge in [-0.05, 0) is 27.8 Å². The number of ether oxygens (including phenoxy) is 1. The number of hydrogen-bond donors (Lipinski definition) is 1. The van der Waals surface area contributed by atoms with Gasteiger partial charge in [-0.2, -0.15) is 0 Å². The lowest BCUT2D eigenvalue weighted by atomic mass is 10.1. The fourth-order valence-corrected chi connectivity index (χ4v) is 1.58. The van der Waals surface area contributed by atoms with E-state index in [1.807, 2.05) is 25.7 Å². The van der Waals surface area contributed by atoms with Crippen molar-refractivity contribution in [3.05, 3.63) is 0 Å². The number of amides is 1. The average molecular weight is 200 g/mol. The van der Waals surface area contributed by atoms with Gasteiger partial charge in [0.25, 0.3) is 0 Å². The molecule has 0 aromatic rings. The Morgan fingerprint density at radius 3 is 2.79 bits per heavy atom. The van der Waals surface area contributed by atoms with Crippen molar-refractivity contribution in [2.24, 2.45) is 0 Å². The Morgan fingerprint density at radius 2 is 2.21 bits per heavy atom. The third-order valence-corrected chi connectivity index (χ3v) is 2.69. The minimum Gasteiger partial charge on any atom is -0.375 e. The van der Waals surface area contributed by atoms with Crippen molar-refractivity contribution in [2.75, 3.05) is 20.2 Å². The molecule has 1 amide bonds. The van der Waals surface area contributed by atoms with Crippen molar-refractivity contribution in [3.8, 4) is 0 Å². The molecule has 1 aliphatic heterocycles. The predicted octanol–water partition coefficient (Wildman–Crippen LogP) is 0.230. The van der Waals surface area contributed by atoms with Crippen molar-refractivity contribution < 1.29 is 9.53 Å². The molecule has 4 nitrogen and oxygen atoms in total. The fourth-order valence-electron chi connectivity index (χ4n) is 1.58. The summed E-state index contributed by atoms with van der Waals surface area (Å²) in [5, 5.41) is 2.97. The summed E-state index contributed by atoms with van der Waals surface area (Å²) in [5.41, 5.74) is 0. The van der Waals surface area contributed by atoms with Crippen LogP contribution in [0.15, 0.2) is 0 Å². The van der Waals surface area contributed by atoms with Gasteiger partial charge in [-0.1, -0.05) is 0 Å². The maximum Gasteiger partial charge on any atom is 0.239 e. The number of likely N-dealkylation sites (N-methyl/N-ethyl adjacent to an activating group) is 1. The Hall–Kier alpha value is -0.610. The molecule has 0 aliphatic carbocycles. The summed E-state index contributed by atoms with van der Waals surface area (Å²) >= 11 is 0. The molecular formula is C10H20N2O2. The van der Waals surface area contributed by atoms with Crippen LogP contribution in [0.2, 0.25) is 0 Å². The van der Waals surface area contributed by atoms with Gasteiger partial charge in [-0.25, -0.2) is 0 Å². The van der Waals surface area contributed by atoms with E-state index >= 15 is 0 Å². The van der Waals surface area contributed by atoms with Crippen molar-refractivity contribution in [3.63, 3.8) is 0 Å². The van der Waals surface area contributed by atoms with Gasteiger partial charge in [0, 0.05) is 6.54 Å². The number of carbonyl (C=O) groups excluding carboxylic acids is 1. The number of nitrogens with zero attached hydrogens (tertiary/aromatic N) is 1. The lowest BCUT2D eigenvalue weighted by Gasteiger charge is -2.38. The van der Waals surface area contributed by atoms with Crippen LogP contribution >= 0.6 is 0 Å². The summed E-state index contributed by atoms with van der Waals surface area (Å²) in [6.07, 6.45) is 0.152. The average Bonchev–Trinajstić information content (AvgIpc) is 2.19. The van der Waals surface area contributed by atoms with Crippen LogP contribution in [0.25, 0.3) is 0 Å². The normalized spacial score (nSPS) is 30.1. The largest absolute Gasteiger partial charge is 0.375 e. The van der Waals surface area contributed by atoms with Crippen LogP contribution in [-0.2, 0) is 9.53 Å². The molecule has 82 valence electrons. The third-order valence-electron chi connectivity index (χ3n) is 2.69. The van der Waals surface area contributed by atoms with Gasteiger partial charge in [0.15, 0.2) is 0 Å². The van der Waals surface area contributed by atoms with Gasteiger partial charge >= 0.3 is 0 Å². The first-order valence-corrected chi connectivity index (χ1v) is 5.15. The molecule has 1 N–H and O–H groups in total. The zero-order chi connectivity index (χ0) is 10.7. The van der Waals surface area contributed by atoms with Crippen LogP contribution in [0, 0.1) is 0 Å². The van der Waals surface area contributed by atoms with Crippen LogP contribution < -0.4 is 5.32 Å². The number of morpholine rings is 1. The Kier molecular flexibility index (Phi) is 3.89. The maximum atomic E-state index is 11.9. The van der Waals surface area contributed by atoms with E-state index in [9.17, 15) is 4.79 Å². The van der Waals surface area contributed by atoms with Crippen LogP contribution in [-0.4, -0.2) is 49.2 Å². The Bertz CT molecular complexity index is 208. The van der Waals surface area contributed by atoms with Gasteiger partial charge in [0.2, 0.25) is 5.91 Å². The quantitative estimate of drug-likeness (QED) is 0.694. The van der Waals surface area contributed by atoms with Crippen LogP contribution in [0.3, 0.4) is 0 Å². The van der Waals surface area contributed by atoms with Crippen molar-refractivity contribution in [1.29, 1.82) is 0 Å². The van der Waals surface area contributed by atoms with Gasteiger partial charge in [0.05, 0.1) is 24.8 Å². The number of rotatable bonds is 2. The number of hydrogen-bond acceptors (Lipinski definition) is 3. The second-order valence-electron chi connectivity index (χ2n) is 3.99. The predicted molar refractivity (Wildman–Crippen MR) is 55.1 cm³/mol. The van der Waals surface area contributed by atoms with E-state index in [1.165, 1.54) is 0 Å². The van der Waals surface area contributed by atoms with Crippen molar-refractivity contribution in [2.45, 2.75) is 39.0 Å². The first kappa shape index (κ1) is 11.5. The fraction of sp³-hybridized carbons (Fsp3) is 0.900. The first-order chi connectivity index (χ1) is 6.56. The van der Waals surface area contributed by atoms with E-state index < -0.39 is 0 Å². The lowest BCUT2D eigenvalue weighted by molar-refractivity contribution is -0.144. The van der Waals surface area contributed by atoms with E-state index in [1.54, 1.807) is 7.05 Å². The summed E-state index contributed by atoms with van der Waals surface area (Å²) in [4.78, 5) is 13.8. The lowest BCUT2D eigenvalue weighted by Crippen LogP contribution is -2.54. The van der Waals surface area contributed by atoms with Gasteiger partial charge in [-0.15, -0.1) is 0 Å². The topological polar surface area (TPSA) is 41.6 Å². The molecule has 1 aliphatic rings. The molecule has 1 fully saturated rings. The molecule has 0 radical (unpaired) electrons. The highest BCUT2D eigenvalue weighted by Crippen LogP contribution is 2.12. The smallest absolute Gasteiger partial charge is 0.239 e. The molecule has 3 atom stereocenters. The van der Waals surface area contributed by atoms with Gasteiger partial charge < -0.3 is 15.0 Å². The minimum atomic E-state index is -0.109. The Morgan fingerprint density at radius 1 is 1.57 bits per heavy atom. The highest BCUT2D eigenvalue weighted by atomic mass is 16.5. The van der Waals surface area contributed by atoms with Gasteiger partial charge in [-0.3, -0.25) is 4.79 Å². The zero-order valence-electron chi connectivity index (χ0n) is 9.41. The van der Waals surface area contributed by atoms with E-state index in [-0.39, 0.29) is 24.1 Å². The van der Waals surface area contributed by atoms with Gasteiger partial charge in [0.1, 0.15) is 0 Å². The monoisotopic (exact) mass is 200 g/mol. The molecule has 0 saturated carbocycles. The van der Waals surface area contributed by atoms with Crippen LogP contribution in [0.1, 0.15) is 20.8 Å². The molecule has 0 bridgehead atoms. The van der Waals surface area contributed by atoms with Crippen LogP contribution in [0.4, 0.5) is 0 Å². The molecule has 3 unspecified atom stereocenters. The molecule has 0 aromatic heterocycles. The summed E-state index contributed by atoms with van der Waals surface area (Å²) in [7, 11) is 1.80. The summed E-state index contributed by atoms with van der Waals surface area (Å²) in [6.45, 7) is 7.24. The third kappa shape index (κ3) is 2.45. The zero-order valence-corrected chi connectivity index (χ0v) is 9.41. The summed E-state index contributed by atoms with van der Waals surface area (Å²) in [6, 6.07) is 0.0808. The first-order valence-electron chi connectivity index (χ1n) is 5.15. The molecule has 4 heteroatoms. The Balaban J connectivity index is 2.60. The Labute approximate surface area is 85.6 Å². The standard InChI is InChI=1S/C10H20N2O2/c1-7-6-14-8(2)5-12(7)10(13)9(3)11-4/h7-9,11H,5-6H2,1-4H3. The van der Waals surface area contributed by atoms with Crippen LogP contribution in [0.5, 0.6) is 0 Å². The second kappa shape index (κ2) is 4.75. The molecule has 1 saturated heterocycles. The highest BCUT2D eigenvalue weighted by Gasteiger charge is 2.29. The molecule has 0 aromatic carbocycles. The second-order valence-corrected chi connectivity index (χ2v) is 3.99. The molecule has 14 heavy (non-hydrogen) atoms. The summed E-state index contributed by atoms with van der Waals surface area (Å²) in [5.74, 6) is 0.162. The van der Waals surface area contributed by atoms with Crippen molar-refractivity contribution in [1.82, 2.24) is 10.2 Å². The minimum absolute atomic E-state index is 0.109. The SMILES string of the molecule is CNC(C)C(=O)N1CC(C)OCC1C. The van der Waals surface area contributed by atoms with Crippen molar-refractivity contribution >= 4 is 5.91 Å². The molecule has 1 rings (SSSR count). The molecule has 0 spiro atoms. The number of nitrogens with one attached hydrogen (secondary N) is 1. The number of carbonyl (C=O) groups is 1. The van der Waals surface area contributed by atoms with E-state index in [2.05, 4.69) is 5.32 Å². The molecular weight excluding hydrogens is 180 g/mol. The molecule has 1 heterocycles.